The maximum absolute atomic E-state index is 12.8. The van der Waals surface area contributed by atoms with Crippen molar-refractivity contribution in [3.63, 3.8) is 0 Å². The Morgan fingerprint density at radius 2 is 2.10 bits per heavy atom. The van der Waals surface area contributed by atoms with Crippen LogP contribution in [0.15, 0.2) is 29.2 Å². The van der Waals surface area contributed by atoms with Gasteiger partial charge in [-0.25, -0.2) is 4.39 Å². The number of halogens is 3. The second kappa shape index (κ2) is 5.58. The number of carbonyl (C=O) groups excluding carboxylic acids is 2. The number of amides is 2. The molecule has 0 unspecified atom stereocenters. The predicted octanol–water partition coefficient (Wildman–Crippen LogP) is 2.95. The molecule has 1 fully saturated rings. The molecule has 1 aromatic carbocycles. The van der Waals surface area contributed by atoms with Crippen molar-refractivity contribution in [2.75, 3.05) is 6.67 Å². The van der Waals surface area contributed by atoms with Gasteiger partial charge in [-0.15, -0.1) is 0 Å². The van der Waals surface area contributed by atoms with Crippen molar-refractivity contribution in [1.82, 2.24) is 5.32 Å². The molecule has 0 saturated carbocycles. The van der Waals surface area contributed by atoms with Crippen molar-refractivity contribution in [3.8, 4) is 5.75 Å². The smallest absolute Gasteiger partial charge is 0.427 e. The van der Waals surface area contributed by atoms with Crippen LogP contribution in [-0.2, 0) is 4.79 Å². The molecule has 2 rings (SSSR count). The molecule has 1 saturated heterocycles. The van der Waals surface area contributed by atoms with Crippen molar-refractivity contribution >= 4 is 29.0 Å². The van der Waals surface area contributed by atoms with Gasteiger partial charge < -0.3 is 4.74 Å². The Hall–Kier alpha value is -1.96. The lowest BCUT2D eigenvalue weighted by Gasteiger charge is -2.14. The van der Waals surface area contributed by atoms with Crippen molar-refractivity contribution in [2.24, 2.45) is 0 Å². The number of carbonyl (C=O) groups is 2. The molecule has 4 nitrogen and oxygen atoms in total. The quantitative estimate of drug-likeness (QED) is 0.869. The molecular weight excluding hydrogens is 295 g/mol. The average Bonchev–Trinajstić information content (AvgIpc) is 2.68. The van der Waals surface area contributed by atoms with Gasteiger partial charge in [0.25, 0.3) is 11.1 Å². The lowest BCUT2D eigenvalue weighted by Crippen LogP contribution is -2.26. The Kier molecular flexibility index (Phi) is 4.03. The van der Waals surface area contributed by atoms with Crippen LogP contribution in [0.25, 0.3) is 6.08 Å². The van der Waals surface area contributed by atoms with E-state index in [2.05, 4.69) is 10.1 Å². The molecular formula is C12H8F3NO3S. The van der Waals surface area contributed by atoms with Crippen LogP contribution in [0.1, 0.15) is 5.56 Å². The van der Waals surface area contributed by atoms with Crippen molar-refractivity contribution < 1.29 is 27.5 Å². The highest BCUT2D eigenvalue weighted by Crippen LogP contribution is 2.28. The first-order valence-electron chi connectivity index (χ1n) is 5.37. The monoisotopic (exact) mass is 303 g/mol. The van der Waals surface area contributed by atoms with Crippen molar-refractivity contribution in [3.05, 3.63) is 34.7 Å². The number of imide groups is 1. The largest absolute Gasteiger partial charge is 0.431 e. The number of thioether (sulfide) groups is 1. The number of alkyl halides is 3. The zero-order valence-electron chi connectivity index (χ0n) is 9.86. The first-order chi connectivity index (χ1) is 9.39. The molecule has 8 heteroatoms. The van der Waals surface area contributed by atoms with Gasteiger partial charge in [0.05, 0.1) is 4.91 Å². The average molecular weight is 303 g/mol. The molecule has 0 aliphatic carbocycles. The summed E-state index contributed by atoms with van der Waals surface area (Å²) >= 11 is 0.705. The minimum Gasteiger partial charge on any atom is -0.431 e. The van der Waals surface area contributed by atoms with E-state index in [1.165, 1.54) is 30.3 Å². The summed E-state index contributed by atoms with van der Waals surface area (Å²) in [5.41, 5.74) is 0.379. The van der Waals surface area contributed by atoms with Crippen molar-refractivity contribution in [1.29, 1.82) is 0 Å². The molecule has 0 bridgehead atoms. The lowest BCUT2D eigenvalue weighted by molar-refractivity contribution is -0.186. The fourth-order valence-electron chi connectivity index (χ4n) is 1.44. The molecule has 1 aliphatic heterocycles. The van der Waals surface area contributed by atoms with Gasteiger partial charge >= 0.3 is 6.11 Å². The number of ether oxygens (including phenoxy) is 1. The highest BCUT2D eigenvalue weighted by atomic mass is 32.2. The maximum atomic E-state index is 12.8. The molecule has 0 atom stereocenters. The van der Waals surface area contributed by atoms with Crippen molar-refractivity contribution in [2.45, 2.75) is 6.11 Å². The minimum absolute atomic E-state index is 0.143. The van der Waals surface area contributed by atoms with Gasteiger partial charge in [-0.2, -0.15) is 8.78 Å². The Morgan fingerprint density at radius 3 is 2.70 bits per heavy atom. The maximum Gasteiger partial charge on any atom is 0.427 e. The van der Waals surface area contributed by atoms with E-state index in [4.69, 9.17) is 0 Å². The van der Waals surface area contributed by atoms with Crippen LogP contribution in [0.3, 0.4) is 0 Å². The third-order valence-electron chi connectivity index (χ3n) is 2.22. The van der Waals surface area contributed by atoms with E-state index >= 15 is 0 Å². The van der Waals surface area contributed by atoms with E-state index in [1.807, 2.05) is 0 Å². The predicted molar refractivity (Wildman–Crippen MR) is 67.1 cm³/mol. The highest BCUT2D eigenvalue weighted by molar-refractivity contribution is 8.18. The van der Waals surface area contributed by atoms with Crippen LogP contribution in [0.4, 0.5) is 18.0 Å². The molecule has 1 aromatic rings. The van der Waals surface area contributed by atoms with E-state index in [9.17, 15) is 22.8 Å². The van der Waals surface area contributed by atoms with Gasteiger partial charge in [-0.1, -0.05) is 12.1 Å². The third kappa shape index (κ3) is 3.53. The standard InChI is InChI=1S/C12H8F3NO3S/c13-6-12(14,15)19-8-3-1-2-7(4-8)5-9-10(17)16-11(18)20-9/h1-5H,6H2,(H,16,17,18). The topological polar surface area (TPSA) is 55.4 Å². The van der Waals surface area contributed by atoms with Gasteiger partial charge in [-0.3, -0.25) is 14.9 Å². The van der Waals surface area contributed by atoms with Crippen LogP contribution in [0.2, 0.25) is 0 Å². The molecule has 2 amide bonds. The number of hydrogen-bond donors (Lipinski definition) is 1. The summed E-state index contributed by atoms with van der Waals surface area (Å²) in [5.74, 6) is -0.794. The fraction of sp³-hybridized carbons (Fsp3) is 0.167. The highest BCUT2D eigenvalue weighted by Gasteiger charge is 2.31. The number of nitrogens with one attached hydrogen (secondary N) is 1. The summed E-state index contributed by atoms with van der Waals surface area (Å²) in [6, 6.07) is 5.39. The molecule has 1 aliphatic rings. The molecule has 0 spiro atoms. The van der Waals surface area contributed by atoms with E-state index in [0.29, 0.717) is 17.3 Å². The van der Waals surface area contributed by atoms with E-state index in [0.717, 1.165) is 0 Å². The zero-order chi connectivity index (χ0) is 14.8. The second-order valence-corrected chi connectivity index (χ2v) is 4.81. The van der Waals surface area contributed by atoms with Crippen LogP contribution < -0.4 is 10.1 Å². The normalized spacial score (nSPS) is 17.4. The second-order valence-electron chi connectivity index (χ2n) is 3.80. The summed E-state index contributed by atoms with van der Waals surface area (Å²) < 4.78 is 41.7. The summed E-state index contributed by atoms with van der Waals surface area (Å²) in [6.07, 6.45) is -2.55. The van der Waals surface area contributed by atoms with Crippen LogP contribution >= 0.6 is 11.8 Å². The molecule has 1 N–H and O–H groups in total. The first kappa shape index (κ1) is 14.4. The van der Waals surface area contributed by atoms with Gasteiger partial charge in [0.2, 0.25) is 0 Å². The third-order valence-corrected chi connectivity index (χ3v) is 3.03. The Balaban J connectivity index is 2.20. The molecule has 1 heterocycles. The van der Waals surface area contributed by atoms with Gasteiger partial charge in [0.1, 0.15) is 5.75 Å². The first-order valence-corrected chi connectivity index (χ1v) is 6.19. The summed E-state index contributed by atoms with van der Waals surface area (Å²) in [5, 5.41) is 1.56. The summed E-state index contributed by atoms with van der Waals surface area (Å²) in [6.45, 7) is -1.94. The van der Waals surface area contributed by atoms with E-state index in [1.54, 1.807) is 0 Å². The van der Waals surface area contributed by atoms with Gasteiger partial charge in [0.15, 0.2) is 6.67 Å². The van der Waals surface area contributed by atoms with Crippen LogP contribution in [0, 0.1) is 0 Å². The van der Waals surface area contributed by atoms with Gasteiger partial charge in [0, 0.05) is 0 Å². The minimum atomic E-state index is -3.90. The summed E-state index contributed by atoms with van der Waals surface area (Å²) in [7, 11) is 0. The number of benzene rings is 1. The van der Waals surface area contributed by atoms with E-state index < -0.39 is 23.9 Å². The van der Waals surface area contributed by atoms with E-state index in [-0.39, 0.29) is 10.7 Å². The fourth-order valence-corrected chi connectivity index (χ4v) is 2.12. The van der Waals surface area contributed by atoms with Gasteiger partial charge in [-0.05, 0) is 35.5 Å². The summed E-state index contributed by atoms with van der Waals surface area (Å²) in [4.78, 5) is 22.4. The Bertz CT molecular complexity index is 589. The SMILES string of the molecule is O=C1NC(=O)C(=Cc2cccc(OC(F)(F)CF)c2)S1. The Morgan fingerprint density at radius 1 is 1.35 bits per heavy atom. The number of hydrogen-bond acceptors (Lipinski definition) is 4. The molecule has 106 valence electrons. The molecule has 20 heavy (non-hydrogen) atoms. The van der Waals surface area contributed by atoms with Crippen LogP contribution in [0.5, 0.6) is 5.75 Å². The molecule has 0 radical (unpaired) electrons. The zero-order valence-corrected chi connectivity index (χ0v) is 10.7. The lowest BCUT2D eigenvalue weighted by atomic mass is 10.2. The number of rotatable bonds is 4. The molecule has 0 aromatic heterocycles. The Labute approximate surface area is 116 Å². The van der Waals surface area contributed by atoms with Crippen LogP contribution in [-0.4, -0.2) is 23.9 Å².